The van der Waals surface area contributed by atoms with Gasteiger partial charge in [-0.3, -0.25) is 4.68 Å². The molecule has 1 unspecified atom stereocenters. The van der Waals surface area contributed by atoms with Gasteiger partial charge in [0.15, 0.2) is 0 Å². The molecule has 1 heterocycles. The molecule has 1 aromatic heterocycles. The Balaban J connectivity index is 1.36. The quantitative estimate of drug-likeness (QED) is 0.602. The highest BCUT2D eigenvalue weighted by Crippen LogP contribution is 2.69. The van der Waals surface area contributed by atoms with Crippen LogP contribution >= 0.6 is 0 Å². The monoisotopic (exact) mass is 483 g/mol. The first kappa shape index (κ1) is 25.2. The third-order valence-corrected chi connectivity index (χ3v) is 11.7. The van der Waals surface area contributed by atoms with Crippen molar-refractivity contribution in [1.29, 1.82) is 5.26 Å². The number of aliphatic hydroxyl groups is 1. The molecular formula is C29H45N3O3. The summed E-state index contributed by atoms with van der Waals surface area (Å²) < 4.78 is 13.6. The lowest BCUT2D eigenvalue weighted by Gasteiger charge is -2.62. The number of hydrogen-bond donors (Lipinski definition) is 1. The number of methoxy groups -OCH3 is 2. The SMILES string of the molecule is COC[C@@]1(O)CC[C@@]2(C)[C@H](CC[C@@H]3[C@@H]2CC[C@]2(C)[C@@H](C(C)(Cn4cc(C#N)cn4)OC)CC[C@@H]32)C1. The van der Waals surface area contributed by atoms with E-state index < -0.39 is 5.60 Å². The fraction of sp³-hybridized carbons (Fsp3) is 0.862. The van der Waals surface area contributed by atoms with E-state index in [1.165, 1.54) is 38.5 Å². The summed E-state index contributed by atoms with van der Waals surface area (Å²) in [5.41, 5.74) is 0.277. The van der Waals surface area contributed by atoms with Crippen LogP contribution in [0.5, 0.6) is 0 Å². The first-order valence-electron chi connectivity index (χ1n) is 13.8. The van der Waals surface area contributed by atoms with Gasteiger partial charge in [0.25, 0.3) is 0 Å². The van der Waals surface area contributed by atoms with Gasteiger partial charge < -0.3 is 14.6 Å². The smallest absolute Gasteiger partial charge is 0.102 e. The summed E-state index contributed by atoms with van der Waals surface area (Å²) in [4.78, 5) is 0. The van der Waals surface area contributed by atoms with Crippen LogP contribution in [0, 0.1) is 51.8 Å². The average molecular weight is 484 g/mol. The van der Waals surface area contributed by atoms with E-state index in [9.17, 15) is 10.4 Å². The second-order valence-corrected chi connectivity index (χ2v) is 13.2. The summed E-state index contributed by atoms with van der Waals surface area (Å²) in [6.07, 6.45) is 14.0. The minimum Gasteiger partial charge on any atom is -0.387 e. The molecule has 0 aromatic carbocycles. The first-order valence-corrected chi connectivity index (χ1v) is 13.8. The lowest BCUT2D eigenvalue weighted by atomic mass is 9.43. The molecule has 6 heteroatoms. The molecule has 194 valence electrons. The van der Waals surface area contributed by atoms with Crippen molar-refractivity contribution in [3.63, 3.8) is 0 Å². The van der Waals surface area contributed by atoms with E-state index in [1.54, 1.807) is 13.3 Å². The second-order valence-electron chi connectivity index (χ2n) is 13.2. The summed E-state index contributed by atoms with van der Waals surface area (Å²) in [6.45, 7) is 8.53. The summed E-state index contributed by atoms with van der Waals surface area (Å²) in [7, 11) is 3.57. The predicted molar refractivity (Wildman–Crippen MR) is 134 cm³/mol. The topological polar surface area (TPSA) is 80.3 Å². The molecule has 1 aromatic rings. The first-order chi connectivity index (χ1) is 16.6. The van der Waals surface area contributed by atoms with Gasteiger partial charge in [-0.05, 0) is 105 Å². The highest BCUT2D eigenvalue weighted by molar-refractivity contribution is 5.22. The van der Waals surface area contributed by atoms with Crippen molar-refractivity contribution < 1.29 is 14.6 Å². The van der Waals surface area contributed by atoms with E-state index in [2.05, 4.69) is 31.9 Å². The minimum atomic E-state index is -0.633. The maximum Gasteiger partial charge on any atom is 0.102 e. The fourth-order valence-electron chi connectivity index (χ4n) is 9.87. The third kappa shape index (κ3) is 3.97. The predicted octanol–water partition coefficient (Wildman–Crippen LogP) is 5.20. The van der Waals surface area contributed by atoms with Gasteiger partial charge in [0.05, 0.1) is 36.1 Å². The highest BCUT2D eigenvalue weighted by Gasteiger charge is 2.63. The number of nitrogens with zero attached hydrogens (tertiary/aromatic N) is 3. The van der Waals surface area contributed by atoms with Crippen molar-refractivity contribution in [3.8, 4) is 6.07 Å². The standard InChI is InChI=1S/C29H45N3O3/c1-26-12-13-29(33,19-34-4)14-21(26)6-7-22-23-8-9-25(27(23,2)11-10-24(22)26)28(3,35-5)18-32-17-20(15-30)16-31-32/h16-17,21-25,33H,6-14,18-19H2,1-5H3/t21-,22+,23+,24+,25+,26+,27+,28?,29-/m1/s1. The van der Waals surface area contributed by atoms with Gasteiger partial charge in [-0.15, -0.1) is 0 Å². The minimum absolute atomic E-state index is 0.270. The van der Waals surface area contributed by atoms with Crippen molar-refractivity contribution >= 4 is 0 Å². The zero-order valence-electron chi connectivity index (χ0n) is 22.4. The van der Waals surface area contributed by atoms with E-state index in [0.29, 0.717) is 36.0 Å². The van der Waals surface area contributed by atoms with Crippen molar-refractivity contribution in [1.82, 2.24) is 9.78 Å². The Labute approximate surface area is 211 Å². The van der Waals surface area contributed by atoms with Gasteiger partial charge in [-0.25, -0.2) is 0 Å². The van der Waals surface area contributed by atoms with Crippen LogP contribution in [0.2, 0.25) is 0 Å². The number of fused-ring (bicyclic) bond motifs is 5. The molecule has 0 amide bonds. The molecule has 35 heavy (non-hydrogen) atoms. The van der Waals surface area contributed by atoms with Gasteiger partial charge in [-0.2, -0.15) is 10.4 Å². The van der Waals surface area contributed by atoms with Crippen LogP contribution in [0.1, 0.15) is 84.1 Å². The average Bonchev–Trinajstić information content (AvgIpc) is 3.43. The molecule has 0 saturated heterocycles. The summed E-state index contributed by atoms with van der Waals surface area (Å²) in [5, 5.41) is 24.8. The lowest BCUT2D eigenvalue weighted by molar-refractivity contribution is -0.173. The molecule has 0 aliphatic heterocycles. The Morgan fingerprint density at radius 1 is 1.11 bits per heavy atom. The van der Waals surface area contributed by atoms with Crippen molar-refractivity contribution in [2.75, 3.05) is 20.8 Å². The Bertz CT molecular complexity index is 973. The van der Waals surface area contributed by atoms with Crippen molar-refractivity contribution in [2.24, 2.45) is 40.4 Å². The lowest BCUT2D eigenvalue weighted by Crippen LogP contribution is -2.58. The molecule has 1 N–H and O–H groups in total. The van der Waals surface area contributed by atoms with Gasteiger partial charge in [0, 0.05) is 20.4 Å². The Hall–Kier alpha value is -1.42. The summed E-state index contributed by atoms with van der Waals surface area (Å²) in [6, 6.07) is 2.20. The van der Waals surface area contributed by atoms with Gasteiger partial charge in [-0.1, -0.05) is 13.8 Å². The van der Waals surface area contributed by atoms with E-state index >= 15 is 0 Å². The molecule has 4 fully saturated rings. The zero-order valence-corrected chi connectivity index (χ0v) is 22.4. The molecule has 5 rings (SSSR count). The second kappa shape index (κ2) is 8.85. The zero-order chi connectivity index (χ0) is 25.1. The molecule has 9 atom stereocenters. The number of ether oxygens (including phenoxy) is 2. The van der Waals surface area contributed by atoms with Crippen LogP contribution in [-0.2, 0) is 16.0 Å². The normalized spacial score (nSPS) is 44.5. The fourth-order valence-corrected chi connectivity index (χ4v) is 9.87. The van der Waals surface area contributed by atoms with Crippen LogP contribution < -0.4 is 0 Å². The molecular weight excluding hydrogens is 438 g/mol. The third-order valence-electron chi connectivity index (χ3n) is 11.7. The van der Waals surface area contributed by atoms with Crippen LogP contribution in [0.15, 0.2) is 12.4 Å². The van der Waals surface area contributed by atoms with Crippen LogP contribution in [-0.4, -0.2) is 46.9 Å². The number of nitriles is 1. The maximum atomic E-state index is 11.1. The Morgan fingerprint density at radius 2 is 1.89 bits per heavy atom. The summed E-state index contributed by atoms with van der Waals surface area (Å²) >= 11 is 0. The molecule has 0 spiro atoms. The molecule has 4 saturated carbocycles. The largest absolute Gasteiger partial charge is 0.387 e. The van der Waals surface area contributed by atoms with E-state index in [4.69, 9.17) is 9.47 Å². The molecule has 0 bridgehead atoms. The number of hydrogen-bond acceptors (Lipinski definition) is 5. The van der Waals surface area contributed by atoms with Gasteiger partial charge in [0.1, 0.15) is 6.07 Å². The maximum absolute atomic E-state index is 11.1. The van der Waals surface area contributed by atoms with Gasteiger partial charge >= 0.3 is 0 Å². The molecule has 0 radical (unpaired) electrons. The number of aromatic nitrogens is 2. The number of rotatable bonds is 6. The van der Waals surface area contributed by atoms with Crippen LogP contribution in [0.3, 0.4) is 0 Å². The van der Waals surface area contributed by atoms with E-state index in [0.717, 1.165) is 37.0 Å². The Kier molecular flexibility index (Phi) is 6.38. The molecule has 6 nitrogen and oxygen atoms in total. The van der Waals surface area contributed by atoms with Crippen molar-refractivity contribution in [3.05, 3.63) is 18.0 Å². The van der Waals surface area contributed by atoms with Gasteiger partial charge in [0.2, 0.25) is 0 Å². The highest BCUT2D eigenvalue weighted by atomic mass is 16.5. The van der Waals surface area contributed by atoms with Crippen molar-refractivity contribution in [2.45, 2.75) is 96.3 Å². The summed E-state index contributed by atoms with van der Waals surface area (Å²) in [5.74, 6) is 3.38. The van der Waals surface area contributed by atoms with E-state index in [1.807, 2.05) is 18.0 Å². The molecule has 4 aliphatic carbocycles. The van der Waals surface area contributed by atoms with Crippen LogP contribution in [0.25, 0.3) is 0 Å². The van der Waals surface area contributed by atoms with E-state index in [-0.39, 0.29) is 11.0 Å². The van der Waals surface area contributed by atoms with Crippen LogP contribution in [0.4, 0.5) is 0 Å². The molecule has 4 aliphatic rings. The Morgan fingerprint density at radius 3 is 2.57 bits per heavy atom.